The highest BCUT2D eigenvalue weighted by molar-refractivity contribution is 7.92. The van der Waals surface area contributed by atoms with Crippen molar-refractivity contribution in [1.82, 2.24) is 19.5 Å². The van der Waals surface area contributed by atoms with Crippen molar-refractivity contribution in [2.24, 2.45) is 5.73 Å². The van der Waals surface area contributed by atoms with Gasteiger partial charge in [0.2, 0.25) is 10.0 Å². The SMILES string of the molecule is Cc1cn2nc(C3CCCCN3C(=O)c3cc(Cl)ccc3NS(C)(=O)=O)cc2nc1N1CCC(N)CC1. The molecular weight excluding hydrogens is 514 g/mol. The standard InChI is InChI=1S/C25H32ClN7O3S/c1-16-15-33-23(28-24(16)31-11-8-18(27)9-12-31)14-21(29-33)22-5-3-4-10-32(22)25(34)19-13-17(26)6-7-20(19)30-37(2,35)36/h6-7,13-15,18,22,30H,3-5,8-12,27H2,1-2H3. The van der Waals surface area contributed by atoms with Crippen molar-refractivity contribution >= 4 is 44.7 Å². The van der Waals surface area contributed by atoms with Crippen LogP contribution in [0.5, 0.6) is 0 Å². The Balaban J connectivity index is 1.47. The van der Waals surface area contributed by atoms with Crippen molar-refractivity contribution in [3.63, 3.8) is 0 Å². The number of aromatic nitrogens is 3. The third-order valence-corrected chi connectivity index (χ3v) is 7.90. The topological polar surface area (TPSA) is 126 Å². The van der Waals surface area contributed by atoms with E-state index in [9.17, 15) is 13.2 Å². The van der Waals surface area contributed by atoms with Crippen molar-refractivity contribution in [2.45, 2.75) is 51.1 Å². The molecule has 0 radical (unpaired) electrons. The van der Waals surface area contributed by atoms with Crippen molar-refractivity contribution in [2.75, 3.05) is 35.5 Å². The largest absolute Gasteiger partial charge is 0.356 e. The number of benzene rings is 1. The fourth-order valence-electron chi connectivity index (χ4n) is 5.23. The second-order valence-corrected chi connectivity index (χ2v) is 12.2. The number of carbonyl (C=O) groups excluding carboxylic acids is 1. The average Bonchev–Trinajstić information content (AvgIpc) is 3.26. The number of amides is 1. The van der Waals surface area contributed by atoms with Crippen molar-refractivity contribution in [1.29, 1.82) is 0 Å². The molecule has 1 atom stereocenters. The lowest BCUT2D eigenvalue weighted by atomic mass is 9.98. The third kappa shape index (κ3) is 5.53. The highest BCUT2D eigenvalue weighted by atomic mass is 35.5. The molecule has 4 heterocycles. The molecule has 2 fully saturated rings. The molecule has 2 saturated heterocycles. The molecule has 12 heteroatoms. The second-order valence-electron chi connectivity index (χ2n) is 10.0. The van der Waals surface area contributed by atoms with E-state index in [0.29, 0.717) is 11.6 Å². The van der Waals surface area contributed by atoms with E-state index in [1.165, 1.54) is 12.1 Å². The minimum Gasteiger partial charge on any atom is -0.356 e. The van der Waals surface area contributed by atoms with Crippen LogP contribution in [-0.2, 0) is 10.0 Å². The van der Waals surface area contributed by atoms with Gasteiger partial charge in [-0.15, -0.1) is 0 Å². The fourth-order valence-corrected chi connectivity index (χ4v) is 5.98. The van der Waals surface area contributed by atoms with Gasteiger partial charge in [-0.2, -0.15) is 5.10 Å². The number of halogens is 1. The molecule has 0 aliphatic carbocycles. The number of hydrogen-bond donors (Lipinski definition) is 2. The summed E-state index contributed by atoms with van der Waals surface area (Å²) in [5.74, 6) is 0.655. The molecule has 2 aliphatic heterocycles. The van der Waals surface area contributed by atoms with Gasteiger partial charge in [-0.1, -0.05) is 11.6 Å². The number of carbonyl (C=O) groups is 1. The van der Waals surface area contributed by atoms with Crippen LogP contribution < -0.4 is 15.4 Å². The normalized spacial score (nSPS) is 19.4. The van der Waals surface area contributed by atoms with Gasteiger partial charge in [-0.05, 0) is 57.2 Å². The quantitative estimate of drug-likeness (QED) is 0.503. The zero-order valence-corrected chi connectivity index (χ0v) is 22.6. The Hall–Kier alpha value is -2.89. The first-order valence-electron chi connectivity index (χ1n) is 12.5. The lowest BCUT2D eigenvalue weighted by Gasteiger charge is -2.35. The van der Waals surface area contributed by atoms with Crippen molar-refractivity contribution in [3.8, 4) is 0 Å². The zero-order chi connectivity index (χ0) is 26.3. The third-order valence-electron chi connectivity index (χ3n) is 7.08. The summed E-state index contributed by atoms with van der Waals surface area (Å²) in [6.45, 7) is 4.32. The van der Waals surface area contributed by atoms with Crippen molar-refractivity contribution < 1.29 is 13.2 Å². The van der Waals surface area contributed by atoms with Crippen LogP contribution in [-0.4, -0.2) is 65.8 Å². The van der Waals surface area contributed by atoms with Gasteiger partial charge in [0.1, 0.15) is 5.82 Å². The summed E-state index contributed by atoms with van der Waals surface area (Å²) >= 11 is 6.20. The van der Waals surface area contributed by atoms with Gasteiger partial charge in [0.05, 0.1) is 29.2 Å². The molecule has 1 amide bonds. The van der Waals surface area contributed by atoms with Gasteiger partial charge in [0.15, 0.2) is 5.65 Å². The van der Waals surface area contributed by atoms with E-state index in [1.54, 1.807) is 15.5 Å². The molecule has 1 unspecified atom stereocenters. The summed E-state index contributed by atoms with van der Waals surface area (Å²) in [6.07, 6.45) is 7.47. The highest BCUT2D eigenvalue weighted by Crippen LogP contribution is 2.34. The van der Waals surface area contributed by atoms with Gasteiger partial charge >= 0.3 is 0 Å². The van der Waals surface area contributed by atoms with Gasteiger partial charge < -0.3 is 15.5 Å². The van der Waals surface area contributed by atoms with E-state index in [1.807, 2.05) is 19.2 Å². The smallest absolute Gasteiger partial charge is 0.256 e. The van der Waals surface area contributed by atoms with E-state index in [-0.39, 0.29) is 29.2 Å². The lowest BCUT2D eigenvalue weighted by Crippen LogP contribution is -2.40. The monoisotopic (exact) mass is 545 g/mol. The molecule has 3 N–H and O–H groups in total. The maximum atomic E-state index is 13.8. The van der Waals surface area contributed by atoms with Gasteiger partial charge in [-0.25, -0.2) is 17.9 Å². The molecule has 3 aromatic rings. The number of aryl methyl sites for hydroxylation is 1. The summed E-state index contributed by atoms with van der Waals surface area (Å²) in [6, 6.07) is 6.51. The van der Waals surface area contributed by atoms with Crippen LogP contribution in [0.15, 0.2) is 30.5 Å². The van der Waals surface area contributed by atoms with Crippen LogP contribution in [0.4, 0.5) is 11.5 Å². The van der Waals surface area contributed by atoms with Crippen LogP contribution >= 0.6 is 11.6 Å². The van der Waals surface area contributed by atoms with Crippen molar-refractivity contribution in [3.05, 3.63) is 52.3 Å². The van der Waals surface area contributed by atoms with Crippen LogP contribution in [0.3, 0.4) is 0 Å². The van der Waals surface area contributed by atoms with Gasteiger partial charge in [0.25, 0.3) is 5.91 Å². The first-order chi connectivity index (χ1) is 17.6. The van der Waals surface area contributed by atoms with Crippen LogP contribution in [0.25, 0.3) is 5.65 Å². The molecule has 2 aromatic heterocycles. The first-order valence-corrected chi connectivity index (χ1v) is 14.8. The Bertz CT molecular complexity index is 1430. The van der Waals surface area contributed by atoms with Gasteiger partial charge in [0, 0.05) is 48.5 Å². The molecule has 0 spiro atoms. The van der Waals surface area contributed by atoms with Crippen LogP contribution in [0.2, 0.25) is 5.02 Å². The van der Waals surface area contributed by atoms with E-state index < -0.39 is 10.0 Å². The second kappa shape index (κ2) is 10.1. The van der Waals surface area contributed by atoms with Gasteiger partial charge in [-0.3, -0.25) is 9.52 Å². The molecule has 10 nitrogen and oxygen atoms in total. The number of nitrogens with zero attached hydrogens (tertiary/aromatic N) is 5. The number of rotatable bonds is 5. The maximum absolute atomic E-state index is 13.8. The van der Waals surface area contributed by atoms with Crippen LogP contribution in [0.1, 0.15) is 59.8 Å². The molecule has 0 bridgehead atoms. The van der Waals surface area contributed by atoms with E-state index in [4.69, 9.17) is 27.4 Å². The number of nitrogens with two attached hydrogens (primary N) is 1. The molecule has 0 saturated carbocycles. The molecule has 1 aromatic carbocycles. The summed E-state index contributed by atoms with van der Waals surface area (Å²) in [7, 11) is -3.58. The van der Waals surface area contributed by atoms with E-state index >= 15 is 0 Å². The Kier molecular flexibility index (Phi) is 7.03. The highest BCUT2D eigenvalue weighted by Gasteiger charge is 2.32. The summed E-state index contributed by atoms with van der Waals surface area (Å²) in [5.41, 5.74) is 9.03. The molecule has 2 aliphatic rings. The van der Waals surface area contributed by atoms with Crippen LogP contribution in [0, 0.1) is 6.92 Å². The molecule has 5 rings (SSSR count). The number of piperidine rings is 2. The van der Waals surface area contributed by atoms with E-state index in [0.717, 1.165) is 74.2 Å². The Labute approximate surface area is 221 Å². The predicted octanol–water partition coefficient (Wildman–Crippen LogP) is 3.36. The number of nitrogens with one attached hydrogen (secondary N) is 1. The Morgan fingerprint density at radius 3 is 2.62 bits per heavy atom. The minimum atomic E-state index is -3.58. The summed E-state index contributed by atoms with van der Waals surface area (Å²) in [5, 5.41) is 5.16. The first kappa shape index (κ1) is 25.7. The Morgan fingerprint density at radius 1 is 1.14 bits per heavy atom. The number of fused-ring (bicyclic) bond motifs is 1. The molecule has 198 valence electrons. The molecule has 37 heavy (non-hydrogen) atoms. The summed E-state index contributed by atoms with van der Waals surface area (Å²) in [4.78, 5) is 22.7. The fraction of sp³-hybridized carbons (Fsp3) is 0.480. The lowest BCUT2D eigenvalue weighted by molar-refractivity contribution is 0.0607. The van der Waals surface area contributed by atoms with E-state index in [2.05, 4.69) is 9.62 Å². The number of anilines is 2. The predicted molar refractivity (Wildman–Crippen MR) is 145 cm³/mol. The summed E-state index contributed by atoms with van der Waals surface area (Å²) < 4.78 is 28.0. The minimum absolute atomic E-state index is 0.208. The average molecular weight is 546 g/mol. The molecular formula is C25H32ClN7O3S. The number of sulfonamides is 1. The number of likely N-dealkylation sites (tertiary alicyclic amines) is 1. The zero-order valence-electron chi connectivity index (χ0n) is 21.0. The number of hydrogen-bond acceptors (Lipinski definition) is 7. The Morgan fingerprint density at radius 2 is 1.89 bits per heavy atom. The maximum Gasteiger partial charge on any atom is 0.256 e.